The zero-order chi connectivity index (χ0) is 57.6. The number of benzene rings is 1. The molecule has 1 spiro atoms. The Labute approximate surface area is 461 Å². The van der Waals surface area contributed by atoms with Crippen molar-refractivity contribution >= 4 is 35.4 Å². The van der Waals surface area contributed by atoms with E-state index in [2.05, 4.69) is 28.3 Å². The number of amides is 4. The highest BCUT2D eigenvalue weighted by molar-refractivity contribution is 5.93. The smallest absolute Gasteiger partial charge is 0.325 e. The maximum atomic E-state index is 14.5. The predicted molar refractivity (Wildman–Crippen MR) is 295 cm³/mol. The van der Waals surface area contributed by atoms with E-state index >= 15 is 0 Å². The highest BCUT2D eigenvalue weighted by Crippen LogP contribution is 2.46. The minimum atomic E-state index is -1.43. The number of fused-ring (bicyclic) bond motifs is 2. The molecule has 18 nitrogen and oxygen atoms in total. The van der Waals surface area contributed by atoms with Gasteiger partial charge in [0.25, 0.3) is 5.91 Å². The molecule has 4 aliphatic rings. The van der Waals surface area contributed by atoms with Gasteiger partial charge in [-0.05, 0) is 93.9 Å². The van der Waals surface area contributed by atoms with Crippen LogP contribution in [-0.2, 0) is 44.7 Å². The van der Waals surface area contributed by atoms with E-state index in [0.717, 1.165) is 6.42 Å². The van der Waals surface area contributed by atoms with Crippen molar-refractivity contribution in [3.05, 3.63) is 77.9 Å². The van der Waals surface area contributed by atoms with Crippen LogP contribution in [0.15, 0.2) is 72.4 Å². The summed E-state index contributed by atoms with van der Waals surface area (Å²) in [6.45, 7) is 18.3. The quantitative estimate of drug-likeness (QED) is 0.0786. The van der Waals surface area contributed by atoms with Gasteiger partial charge in [0.05, 0.1) is 36.4 Å². The minimum absolute atomic E-state index is 0.0254. The van der Waals surface area contributed by atoms with E-state index in [-0.39, 0.29) is 79.3 Å². The van der Waals surface area contributed by atoms with Gasteiger partial charge in [0.2, 0.25) is 17.7 Å². The Hall–Kier alpha value is -5.24. The summed E-state index contributed by atoms with van der Waals surface area (Å²) in [6.07, 6.45) is 10.6. The summed E-state index contributed by atoms with van der Waals surface area (Å²) in [6, 6.07) is 2.90. The van der Waals surface area contributed by atoms with E-state index in [1.807, 2.05) is 52.8 Å². The van der Waals surface area contributed by atoms with Crippen LogP contribution in [0.25, 0.3) is 0 Å². The molecular formula is C60H91N5O13. The first kappa shape index (κ1) is 63.6. The molecule has 0 aliphatic carbocycles. The molecule has 4 aliphatic heterocycles. The van der Waals surface area contributed by atoms with Crippen molar-refractivity contribution in [3.8, 4) is 5.75 Å². The molecule has 0 aromatic heterocycles. The first-order valence-corrected chi connectivity index (χ1v) is 28.4. The fourth-order valence-corrected chi connectivity index (χ4v) is 11.3. The molecule has 1 aromatic carbocycles. The molecule has 1 aromatic rings. The number of phenolic OH excluding ortho intramolecular Hbond substituents is 1. The largest absolute Gasteiger partial charge is 0.508 e. The van der Waals surface area contributed by atoms with Crippen molar-refractivity contribution < 1.29 is 63.8 Å². The van der Waals surface area contributed by atoms with Gasteiger partial charge in [0.1, 0.15) is 41.5 Å². The molecule has 3 fully saturated rings. The summed E-state index contributed by atoms with van der Waals surface area (Å²) >= 11 is 0. The van der Waals surface area contributed by atoms with E-state index in [0.29, 0.717) is 49.7 Å². The average molecular weight is 1090 g/mol. The SMILES string of the molecule is CCC1C[C@@H](C)[C@]2(NC1=O)O[C@@H](CC(O)C(C)CC/C=C/C=C(\C)[C@@H]1C/C=C/C=C/C(O)C(C)C(O)C(CCC(C)=O)C(=O)NC(C(C)C)C(=O)NC(Cc3cccc(O)c3)C(=O)N3CCCC(N3)C(=O)O1)C(C)[C@H](O)C2C. The summed E-state index contributed by atoms with van der Waals surface area (Å²) in [7, 11) is 0. The highest BCUT2D eigenvalue weighted by atomic mass is 16.5. The van der Waals surface area contributed by atoms with Crippen molar-refractivity contribution in [2.45, 2.75) is 200 Å². The third-order valence-corrected chi connectivity index (χ3v) is 16.9. The number of ether oxygens (including phenoxy) is 2. The molecule has 12 unspecified atom stereocenters. The predicted octanol–water partition coefficient (Wildman–Crippen LogP) is 5.41. The van der Waals surface area contributed by atoms with Crippen molar-refractivity contribution in [1.82, 2.24) is 26.4 Å². The Morgan fingerprint density at radius 3 is 2.36 bits per heavy atom. The van der Waals surface area contributed by atoms with Crippen LogP contribution < -0.4 is 21.4 Å². The second-order valence-corrected chi connectivity index (χ2v) is 23.2. The van der Waals surface area contributed by atoms with Crippen LogP contribution in [-0.4, -0.2) is 133 Å². The molecule has 17 atom stereocenters. The van der Waals surface area contributed by atoms with Crippen LogP contribution in [0.3, 0.4) is 0 Å². The Bertz CT molecular complexity index is 2340. The standard InChI is InChI=1S/C60H91N5O13/c1-11-43-30-37(6)60(63-55(43)72)41(10)53(70)40(9)51(78-60)33-49(69)35(4)20-14-12-15-21-36(5)50-26-17-13-16-25-48(68)39(8)54(71)45(28-27-38(7)66)56(73)62-52(34(2)3)57(74)61-47(32-42-22-18-23-44(67)31-42)58(75)65-29-19-24-46(64-65)59(76)77-50/h12-13,15-18,21-23,25,31,34-35,37,39-41,43,45-54,64,67-71H,11,14,19-20,24,26-30,32-33H2,1-10H3,(H,61,74)(H,62,73)(H,63,72)/b15-12+,17-13+,25-16+,36-21+/t35?,37-,39?,40?,41?,43?,45?,46?,47?,48?,49?,50+,51+,52?,53+,54?,60+/m1/s1. The topological polar surface area (TPSA) is 273 Å². The van der Waals surface area contributed by atoms with Gasteiger partial charge in [-0.3, -0.25) is 29.0 Å². The summed E-state index contributed by atoms with van der Waals surface area (Å²) in [4.78, 5) is 82.2. The van der Waals surface area contributed by atoms with Gasteiger partial charge < -0.3 is 55.8 Å². The normalized spacial score (nSPS) is 34.9. The number of piperidine rings is 1. The van der Waals surface area contributed by atoms with Gasteiger partial charge >= 0.3 is 5.97 Å². The van der Waals surface area contributed by atoms with Gasteiger partial charge in [0.15, 0.2) is 0 Å². The summed E-state index contributed by atoms with van der Waals surface area (Å²) in [5.74, 6) is -6.33. The van der Waals surface area contributed by atoms with Gasteiger partial charge in [-0.2, -0.15) is 0 Å². The number of aliphatic hydroxyl groups excluding tert-OH is 4. The number of esters is 1. The number of hydrogen-bond donors (Lipinski definition) is 9. The molecule has 0 saturated carbocycles. The molecule has 2 bridgehead atoms. The summed E-state index contributed by atoms with van der Waals surface area (Å²) < 4.78 is 12.9. The van der Waals surface area contributed by atoms with Crippen molar-refractivity contribution in [3.63, 3.8) is 0 Å². The summed E-state index contributed by atoms with van der Waals surface area (Å²) in [5.41, 5.74) is 3.27. The lowest BCUT2D eigenvalue weighted by atomic mass is 9.69. The molecular weight excluding hydrogens is 999 g/mol. The monoisotopic (exact) mass is 1090 g/mol. The molecule has 9 N–H and O–H groups in total. The first-order valence-electron chi connectivity index (χ1n) is 28.4. The van der Waals surface area contributed by atoms with E-state index in [1.165, 1.54) is 30.1 Å². The second-order valence-electron chi connectivity index (χ2n) is 23.2. The lowest BCUT2D eigenvalue weighted by Gasteiger charge is -2.56. The van der Waals surface area contributed by atoms with E-state index in [1.54, 1.807) is 51.1 Å². The number of carbonyl (C=O) groups excluding carboxylic acids is 6. The summed E-state index contributed by atoms with van der Waals surface area (Å²) in [5, 5.41) is 66.1. The van der Waals surface area contributed by atoms with Crippen LogP contribution in [0.1, 0.15) is 139 Å². The number of carbonyl (C=O) groups is 6. The zero-order valence-electron chi connectivity index (χ0n) is 47.6. The Kier molecular flexibility index (Phi) is 23.9. The van der Waals surface area contributed by atoms with Gasteiger partial charge in [0, 0.05) is 61.8 Å². The number of aromatic hydroxyl groups is 1. The van der Waals surface area contributed by atoms with Crippen LogP contribution in [0.5, 0.6) is 5.75 Å². The van der Waals surface area contributed by atoms with Gasteiger partial charge in [-0.1, -0.05) is 110 Å². The van der Waals surface area contributed by atoms with Crippen LogP contribution in [0.4, 0.5) is 0 Å². The molecule has 3 saturated heterocycles. The lowest BCUT2D eigenvalue weighted by molar-refractivity contribution is -0.267. The minimum Gasteiger partial charge on any atom is -0.508 e. The average Bonchev–Trinajstić information content (AvgIpc) is 3.51. The van der Waals surface area contributed by atoms with E-state index in [9.17, 15) is 54.3 Å². The molecule has 78 heavy (non-hydrogen) atoms. The zero-order valence-corrected chi connectivity index (χ0v) is 47.6. The Balaban J connectivity index is 1.35. The number of hydrazine groups is 1. The van der Waals surface area contributed by atoms with Gasteiger partial charge in [-0.15, -0.1) is 0 Å². The number of aliphatic hydroxyl groups is 4. The van der Waals surface area contributed by atoms with Crippen LogP contribution >= 0.6 is 0 Å². The fourth-order valence-electron chi connectivity index (χ4n) is 11.3. The Morgan fingerprint density at radius 1 is 0.949 bits per heavy atom. The maximum absolute atomic E-state index is 14.5. The highest BCUT2D eigenvalue weighted by Gasteiger charge is 2.57. The van der Waals surface area contributed by atoms with Crippen molar-refractivity contribution in [2.24, 2.45) is 47.3 Å². The van der Waals surface area contributed by atoms with E-state index < -0.39 is 102 Å². The number of Topliss-reactive ketones (excluding diaryl/α,β-unsaturated/α-hetero) is 1. The van der Waals surface area contributed by atoms with Crippen molar-refractivity contribution in [1.29, 1.82) is 0 Å². The van der Waals surface area contributed by atoms with Crippen LogP contribution in [0, 0.1) is 47.3 Å². The molecule has 4 heterocycles. The third kappa shape index (κ3) is 16.7. The van der Waals surface area contributed by atoms with Crippen LogP contribution in [0.2, 0.25) is 0 Å². The number of phenols is 1. The number of hydrogen-bond acceptors (Lipinski definition) is 14. The fraction of sp³-hybridized carbons (Fsp3) is 0.667. The molecule has 434 valence electrons. The third-order valence-electron chi connectivity index (χ3n) is 16.9. The van der Waals surface area contributed by atoms with Gasteiger partial charge in [-0.25, -0.2) is 5.43 Å². The first-order chi connectivity index (χ1) is 36.9. The lowest BCUT2D eigenvalue weighted by Crippen LogP contribution is -2.71. The van der Waals surface area contributed by atoms with Crippen molar-refractivity contribution in [2.75, 3.05) is 6.54 Å². The van der Waals surface area contributed by atoms with E-state index in [4.69, 9.17) is 9.47 Å². The second kappa shape index (κ2) is 29.3. The molecule has 5 rings (SSSR count). The number of nitrogens with zero attached hydrogens (tertiary/aromatic N) is 1. The number of rotatable bonds is 15. The number of ketones is 1. The molecule has 18 heteroatoms. The molecule has 4 amide bonds. The maximum Gasteiger partial charge on any atom is 0.325 e. The molecule has 0 radical (unpaired) electrons. The Morgan fingerprint density at radius 2 is 1.68 bits per heavy atom. The number of nitrogens with one attached hydrogen (secondary N) is 4. The number of allylic oxidation sites excluding steroid dienone is 5. The number of cyclic esters (lactones) is 1.